The molecule has 0 aromatic rings. The molecule has 0 bridgehead atoms. The van der Waals surface area contributed by atoms with Gasteiger partial charge in [0.15, 0.2) is 5.79 Å². The molecule has 1 rings (SSSR count). The summed E-state index contributed by atoms with van der Waals surface area (Å²) in [5.74, 6) is -0.578. The van der Waals surface area contributed by atoms with Crippen molar-refractivity contribution in [1.82, 2.24) is 0 Å². The van der Waals surface area contributed by atoms with E-state index in [1.165, 1.54) is 0 Å². The molecule has 0 aromatic carbocycles. The Morgan fingerprint density at radius 2 is 1.83 bits per heavy atom. The molecule has 1 unspecified atom stereocenters. The van der Waals surface area contributed by atoms with Gasteiger partial charge in [0.2, 0.25) is 0 Å². The molecule has 72 valence electrons. The first-order chi connectivity index (χ1) is 5.28. The fraction of sp³-hybridized carbons (Fsp3) is 1.00. The van der Waals surface area contributed by atoms with E-state index in [0.29, 0.717) is 0 Å². The zero-order chi connectivity index (χ0) is 9.57. The molecule has 1 fully saturated rings. The normalized spacial score (nSPS) is 43.0. The molecule has 0 aromatic heterocycles. The average Bonchev–Trinajstić information content (AvgIpc) is 2.03. The van der Waals surface area contributed by atoms with Gasteiger partial charge in [0, 0.05) is 0 Å². The zero-order valence-electron chi connectivity index (χ0n) is 8.42. The van der Waals surface area contributed by atoms with Crippen molar-refractivity contribution in [2.24, 2.45) is 0 Å². The third-order valence-electron chi connectivity index (χ3n) is 2.56. The summed E-state index contributed by atoms with van der Waals surface area (Å²) >= 11 is 0. The molecule has 3 heteroatoms. The van der Waals surface area contributed by atoms with Gasteiger partial charge in [0.05, 0.1) is 12.2 Å². The summed E-state index contributed by atoms with van der Waals surface area (Å²) in [6.45, 7) is 9.23. The van der Waals surface area contributed by atoms with Gasteiger partial charge >= 0.3 is 0 Å². The third-order valence-corrected chi connectivity index (χ3v) is 2.56. The molecule has 0 aliphatic carbocycles. The monoisotopic (exact) mass is 174 g/mol. The molecule has 1 aliphatic rings. The number of hydrogen-bond donors (Lipinski definition) is 1. The largest absolute Gasteiger partial charge is 0.390 e. The third kappa shape index (κ3) is 1.49. The number of ether oxygens (including phenoxy) is 2. The van der Waals surface area contributed by atoms with Gasteiger partial charge in [-0.05, 0) is 34.6 Å². The van der Waals surface area contributed by atoms with E-state index in [1.54, 1.807) is 6.92 Å². The summed E-state index contributed by atoms with van der Waals surface area (Å²) < 4.78 is 11.2. The van der Waals surface area contributed by atoms with Crippen molar-refractivity contribution in [3.8, 4) is 0 Å². The van der Waals surface area contributed by atoms with Crippen molar-refractivity contribution < 1.29 is 14.6 Å². The lowest BCUT2D eigenvalue weighted by molar-refractivity contribution is -0.177. The number of aliphatic hydroxyl groups is 1. The molecule has 12 heavy (non-hydrogen) atoms. The molecular formula is C9H18O3. The molecule has 0 radical (unpaired) electrons. The minimum atomic E-state index is -0.580. The van der Waals surface area contributed by atoms with Crippen LogP contribution < -0.4 is 0 Å². The van der Waals surface area contributed by atoms with Gasteiger partial charge in [0.1, 0.15) is 5.60 Å². The Hall–Kier alpha value is -0.120. The van der Waals surface area contributed by atoms with Gasteiger partial charge in [-0.1, -0.05) is 0 Å². The van der Waals surface area contributed by atoms with Crippen molar-refractivity contribution in [2.75, 3.05) is 0 Å². The van der Waals surface area contributed by atoms with E-state index < -0.39 is 17.5 Å². The quantitative estimate of drug-likeness (QED) is 0.651. The highest BCUT2D eigenvalue weighted by atomic mass is 16.8. The summed E-state index contributed by atoms with van der Waals surface area (Å²) in [5.41, 5.74) is -0.580. The molecule has 3 nitrogen and oxygen atoms in total. The van der Waals surface area contributed by atoms with Crippen LogP contribution in [0.1, 0.15) is 34.6 Å². The van der Waals surface area contributed by atoms with E-state index in [4.69, 9.17) is 9.47 Å². The minimum absolute atomic E-state index is 0.0764. The first-order valence-electron chi connectivity index (χ1n) is 4.34. The van der Waals surface area contributed by atoms with E-state index in [-0.39, 0.29) is 6.10 Å². The number of aliphatic hydroxyl groups excluding tert-OH is 1. The van der Waals surface area contributed by atoms with Crippen molar-refractivity contribution in [3.63, 3.8) is 0 Å². The highest BCUT2D eigenvalue weighted by Crippen LogP contribution is 2.38. The second-order valence-corrected chi connectivity index (χ2v) is 4.12. The number of rotatable bonds is 1. The molecule has 1 saturated heterocycles. The van der Waals surface area contributed by atoms with Crippen molar-refractivity contribution in [1.29, 1.82) is 0 Å². The molecule has 0 spiro atoms. The van der Waals surface area contributed by atoms with Gasteiger partial charge in [0.25, 0.3) is 0 Å². The van der Waals surface area contributed by atoms with E-state index in [0.717, 1.165) is 0 Å². The maximum atomic E-state index is 9.51. The van der Waals surface area contributed by atoms with Crippen molar-refractivity contribution in [3.05, 3.63) is 0 Å². The molecule has 1 heterocycles. The maximum absolute atomic E-state index is 9.51. The SMILES string of the molecule is CC(O)[C@]1(C)OC(C)(C)O[C@H]1C. The second-order valence-electron chi connectivity index (χ2n) is 4.12. The Balaban J connectivity index is 2.81. The van der Waals surface area contributed by atoms with Crippen LogP contribution in [0.5, 0.6) is 0 Å². The fourth-order valence-electron chi connectivity index (χ4n) is 1.60. The summed E-state index contributed by atoms with van der Waals surface area (Å²) in [6, 6.07) is 0. The predicted octanol–water partition coefficient (Wildman–Crippen LogP) is 1.30. The summed E-state index contributed by atoms with van der Waals surface area (Å²) in [5, 5.41) is 9.51. The summed E-state index contributed by atoms with van der Waals surface area (Å²) in [7, 11) is 0. The van der Waals surface area contributed by atoms with Gasteiger partial charge in [-0.25, -0.2) is 0 Å². The summed E-state index contributed by atoms with van der Waals surface area (Å²) in [4.78, 5) is 0. The van der Waals surface area contributed by atoms with Crippen LogP contribution in [-0.2, 0) is 9.47 Å². The van der Waals surface area contributed by atoms with Gasteiger partial charge in [-0.2, -0.15) is 0 Å². The maximum Gasteiger partial charge on any atom is 0.164 e. The lowest BCUT2D eigenvalue weighted by atomic mass is 9.95. The van der Waals surface area contributed by atoms with Crippen LogP contribution in [0.3, 0.4) is 0 Å². The fourth-order valence-corrected chi connectivity index (χ4v) is 1.60. The Morgan fingerprint density at radius 3 is 2.00 bits per heavy atom. The Morgan fingerprint density at radius 1 is 1.33 bits per heavy atom. The predicted molar refractivity (Wildman–Crippen MR) is 45.8 cm³/mol. The highest BCUT2D eigenvalue weighted by molar-refractivity contribution is 4.94. The molecule has 3 atom stereocenters. The van der Waals surface area contributed by atoms with Crippen LogP contribution in [0, 0.1) is 0 Å². The first kappa shape index (κ1) is 9.96. The van der Waals surface area contributed by atoms with Gasteiger partial charge in [-0.3, -0.25) is 0 Å². The van der Waals surface area contributed by atoms with Crippen molar-refractivity contribution >= 4 is 0 Å². The van der Waals surface area contributed by atoms with E-state index in [2.05, 4.69) is 0 Å². The number of hydrogen-bond acceptors (Lipinski definition) is 3. The smallest absolute Gasteiger partial charge is 0.164 e. The van der Waals surface area contributed by atoms with Crippen molar-refractivity contribution in [2.45, 2.75) is 58.2 Å². The van der Waals surface area contributed by atoms with Crippen LogP contribution in [0.15, 0.2) is 0 Å². The van der Waals surface area contributed by atoms with E-state index in [1.807, 2.05) is 27.7 Å². The molecule has 0 amide bonds. The van der Waals surface area contributed by atoms with Gasteiger partial charge in [-0.15, -0.1) is 0 Å². The molecule has 1 N–H and O–H groups in total. The molecule has 0 saturated carbocycles. The highest BCUT2D eigenvalue weighted by Gasteiger charge is 2.50. The van der Waals surface area contributed by atoms with E-state index in [9.17, 15) is 5.11 Å². The van der Waals surface area contributed by atoms with Crippen LogP contribution in [-0.4, -0.2) is 28.7 Å². The Labute approximate surface area is 73.7 Å². The van der Waals surface area contributed by atoms with E-state index >= 15 is 0 Å². The van der Waals surface area contributed by atoms with Crippen LogP contribution in [0.4, 0.5) is 0 Å². The topological polar surface area (TPSA) is 38.7 Å². The van der Waals surface area contributed by atoms with Crippen LogP contribution in [0.2, 0.25) is 0 Å². The minimum Gasteiger partial charge on any atom is -0.390 e. The Kier molecular flexibility index (Phi) is 2.23. The lowest BCUT2D eigenvalue weighted by Gasteiger charge is -2.30. The first-order valence-corrected chi connectivity index (χ1v) is 4.34. The standard InChI is InChI=1S/C9H18O3/c1-6(10)9(5)7(2)11-8(3,4)12-9/h6-7,10H,1-5H3/t6?,7-,9-/m0/s1. The lowest BCUT2D eigenvalue weighted by Crippen LogP contribution is -2.45. The summed E-state index contributed by atoms with van der Waals surface area (Å²) in [6.07, 6.45) is -0.596. The molecule has 1 aliphatic heterocycles. The Bertz CT molecular complexity index is 177. The van der Waals surface area contributed by atoms with Crippen LogP contribution in [0.25, 0.3) is 0 Å². The van der Waals surface area contributed by atoms with Gasteiger partial charge < -0.3 is 14.6 Å². The average molecular weight is 174 g/mol. The van der Waals surface area contributed by atoms with Crippen LogP contribution >= 0.6 is 0 Å². The molecular weight excluding hydrogens is 156 g/mol. The second kappa shape index (κ2) is 2.69. The zero-order valence-corrected chi connectivity index (χ0v) is 8.42.